The predicted molar refractivity (Wildman–Crippen MR) is 153 cm³/mol. The van der Waals surface area contributed by atoms with E-state index in [2.05, 4.69) is 34.1 Å². The molecule has 10 heteroatoms. The van der Waals surface area contributed by atoms with Crippen molar-refractivity contribution in [1.82, 2.24) is 20.3 Å². The number of ether oxygens (including phenoxy) is 3. The van der Waals surface area contributed by atoms with E-state index in [1.54, 1.807) is 6.20 Å². The van der Waals surface area contributed by atoms with Crippen molar-refractivity contribution >= 4 is 23.4 Å². The topological polar surface area (TPSA) is 141 Å². The second-order valence-electron chi connectivity index (χ2n) is 11.6. The SMILES string of the molecule is CC(N)C1CCOCC1.CC(NC(=O)c1c[nH]c2ncc(C3CC3)nc12)C1CCOCC1.O=CC1CCOCC1. The maximum atomic E-state index is 12.6. The van der Waals surface area contributed by atoms with Crippen LogP contribution in [0.4, 0.5) is 0 Å². The lowest BCUT2D eigenvalue weighted by atomic mass is 9.93. The Bertz CT molecular complexity index is 1050. The number of H-pyrrole nitrogens is 1. The number of nitrogens with one attached hydrogen (secondary N) is 2. The molecule has 0 spiro atoms. The predicted octanol–water partition coefficient (Wildman–Crippen LogP) is 3.75. The molecular formula is C30H47N5O5. The van der Waals surface area contributed by atoms with Gasteiger partial charge >= 0.3 is 0 Å². The van der Waals surface area contributed by atoms with Crippen LogP contribution in [-0.4, -0.2) is 78.9 Å². The third kappa shape index (κ3) is 9.06. The fraction of sp³-hybridized carbons (Fsp3) is 0.733. The molecule has 10 nitrogen and oxygen atoms in total. The Balaban J connectivity index is 0.000000178. The van der Waals surface area contributed by atoms with E-state index in [0.717, 1.165) is 90.1 Å². The second kappa shape index (κ2) is 15.6. The van der Waals surface area contributed by atoms with Crippen LogP contribution in [0.3, 0.4) is 0 Å². The zero-order valence-corrected chi connectivity index (χ0v) is 24.1. The molecule has 4 fully saturated rings. The van der Waals surface area contributed by atoms with Gasteiger partial charge in [0.25, 0.3) is 5.91 Å². The lowest BCUT2D eigenvalue weighted by Crippen LogP contribution is -2.40. The van der Waals surface area contributed by atoms with E-state index in [1.807, 2.05) is 6.20 Å². The van der Waals surface area contributed by atoms with Crippen LogP contribution in [0.1, 0.15) is 87.2 Å². The lowest BCUT2D eigenvalue weighted by molar-refractivity contribution is -0.113. The molecule has 2 atom stereocenters. The van der Waals surface area contributed by atoms with Gasteiger partial charge in [0.1, 0.15) is 11.8 Å². The molecule has 5 heterocycles. The van der Waals surface area contributed by atoms with E-state index in [-0.39, 0.29) is 17.9 Å². The van der Waals surface area contributed by atoms with Gasteiger partial charge in [-0.15, -0.1) is 0 Å². The quantitative estimate of drug-likeness (QED) is 0.456. The zero-order valence-electron chi connectivity index (χ0n) is 24.1. The number of nitrogens with two attached hydrogens (primary N) is 1. The first-order valence-electron chi connectivity index (χ1n) is 15.0. The summed E-state index contributed by atoms with van der Waals surface area (Å²) >= 11 is 0. The monoisotopic (exact) mass is 557 g/mol. The van der Waals surface area contributed by atoms with Crippen LogP contribution in [0.15, 0.2) is 12.4 Å². The van der Waals surface area contributed by atoms with Crippen molar-refractivity contribution < 1.29 is 23.8 Å². The molecule has 6 rings (SSSR count). The molecule has 4 N–H and O–H groups in total. The molecule has 1 amide bonds. The van der Waals surface area contributed by atoms with Crippen LogP contribution in [0.5, 0.6) is 0 Å². The highest BCUT2D eigenvalue weighted by Gasteiger charge is 2.27. The van der Waals surface area contributed by atoms with Crippen LogP contribution in [0, 0.1) is 17.8 Å². The van der Waals surface area contributed by atoms with Gasteiger partial charge in [0.2, 0.25) is 0 Å². The molecule has 2 aromatic heterocycles. The fourth-order valence-electron chi connectivity index (χ4n) is 5.37. The number of aromatic amines is 1. The number of carbonyl (C=O) groups excluding carboxylic acids is 2. The number of carbonyl (C=O) groups is 2. The van der Waals surface area contributed by atoms with Crippen molar-refractivity contribution in [2.75, 3.05) is 39.6 Å². The molecule has 222 valence electrons. The smallest absolute Gasteiger partial charge is 0.255 e. The number of aldehydes is 1. The molecule has 40 heavy (non-hydrogen) atoms. The Morgan fingerprint density at radius 2 is 1.52 bits per heavy atom. The maximum absolute atomic E-state index is 12.6. The van der Waals surface area contributed by atoms with Gasteiger partial charge in [0.05, 0.1) is 17.5 Å². The number of hydrogen-bond donors (Lipinski definition) is 3. The molecule has 4 aliphatic rings. The highest BCUT2D eigenvalue weighted by atomic mass is 16.5. The molecule has 1 saturated carbocycles. The van der Waals surface area contributed by atoms with Gasteiger partial charge in [-0.05, 0) is 77.0 Å². The molecule has 1 aliphatic carbocycles. The summed E-state index contributed by atoms with van der Waals surface area (Å²) in [6, 6.07) is 0.491. The second-order valence-corrected chi connectivity index (χ2v) is 11.6. The van der Waals surface area contributed by atoms with Crippen LogP contribution in [-0.2, 0) is 19.0 Å². The number of rotatable bonds is 6. The summed E-state index contributed by atoms with van der Waals surface area (Å²) in [4.78, 5) is 34.9. The summed E-state index contributed by atoms with van der Waals surface area (Å²) in [5.74, 6) is 1.92. The minimum absolute atomic E-state index is 0.0718. The van der Waals surface area contributed by atoms with E-state index < -0.39 is 0 Å². The lowest BCUT2D eigenvalue weighted by Gasteiger charge is -2.28. The van der Waals surface area contributed by atoms with Gasteiger partial charge in [-0.3, -0.25) is 4.79 Å². The minimum atomic E-state index is -0.0718. The molecule has 0 aromatic carbocycles. The average molecular weight is 558 g/mol. The van der Waals surface area contributed by atoms with E-state index in [0.29, 0.717) is 40.5 Å². The third-order valence-corrected chi connectivity index (χ3v) is 8.44. The molecule has 0 bridgehead atoms. The summed E-state index contributed by atoms with van der Waals surface area (Å²) in [5.41, 5.74) is 8.67. The number of nitrogens with zero attached hydrogens (tertiary/aromatic N) is 2. The van der Waals surface area contributed by atoms with E-state index in [4.69, 9.17) is 19.9 Å². The largest absolute Gasteiger partial charge is 0.381 e. The van der Waals surface area contributed by atoms with Crippen molar-refractivity contribution in [2.45, 2.75) is 83.2 Å². The Hall–Kier alpha value is -2.40. The van der Waals surface area contributed by atoms with Crippen molar-refractivity contribution in [3.05, 3.63) is 23.7 Å². The first-order valence-corrected chi connectivity index (χ1v) is 15.0. The van der Waals surface area contributed by atoms with Crippen molar-refractivity contribution in [2.24, 2.45) is 23.5 Å². The number of hydrogen-bond acceptors (Lipinski definition) is 8. The summed E-state index contributed by atoms with van der Waals surface area (Å²) in [6.45, 7) is 9.08. The van der Waals surface area contributed by atoms with Gasteiger partial charge < -0.3 is 35.0 Å². The Labute approximate surface area is 237 Å². The van der Waals surface area contributed by atoms with Crippen LogP contribution >= 0.6 is 0 Å². The third-order valence-electron chi connectivity index (χ3n) is 8.44. The van der Waals surface area contributed by atoms with Crippen LogP contribution < -0.4 is 11.1 Å². The molecule has 3 aliphatic heterocycles. The highest BCUT2D eigenvalue weighted by Crippen LogP contribution is 2.39. The van der Waals surface area contributed by atoms with Gasteiger partial charge in [0.15, 0.2) is 5.65 Å². The molecular weight excluding hydrogens is 510 g/mol. The number of fused-ring (bicyclic) bond motifs is 1. The fourth-order valence-corrected chi connectivity index (χ4v) is 5.37. The van der Waals surface area contributed by atoms with Gasteiger partial charge in [-0.1, -0.05) is 0 Å². The van der Waals surface area contributed by atoms with Crippen molar-refractivity contribution in [3.63, 3.8) is 0 Å². The average Bonchev–Trinajstić information content (AvgIpc) is 3.77. The molecule has 2 aromatic rings. The van der Waals surface area contributed by atoms with Crippen LogP contribution in [0.2, 0.25) is 0 Å². The highest BCUT2D eigenvalue weighted by molar-refractivity contribution is 6.04. The normalized spacial score (nSPS) is 22.3. The van der Waals surface area contributed by atoms with E-state index in [9.17, 15) is 9.59 Å². The Morgan fingerprint density at radius 3 is 2.02 bits per heavy atom. The Kier molecular flexibility index (Phi) is 11.9. The molecule has 3 saturated heterocycles. The maximum Gasteiger partial charge on any atom is 0.255 e. The number of amides is 1. The van der Waals surface area contributed by atoms with E-state index >= 15 is 0 Å². The zero-order chi connectivity index (χ0) is 28.3. The summed E-state index contributed by atoms with van der Waals surface area (Å²) in [5, 5.41) is 3.13. The first kappa shape index (κ1) is 30.6. The molecule has 2 unspecified atom stereocenters. The van der Waals surface area contributed by atoms with Crippen molar-refractivity contribution in [3.8, 4) is 0 Å². The van der Waals surface area contributed by atoms with Gasteiger partial charge in [-0.2, -0.15) is 0 Å². The number of aromatic nitrogens is 3. The molecule has 0 radical (unpaired) electrons. The Morgan fingerprint density at radius 1 is 0.950 bits per heavy atom. The summed E-state index contributed by atoms with van der Waals surface area (Å²) in [7, 11) is 0. The minimum Gasteiger partial charge on any atom is -0.381 e. The summed E-state index contributed by atoms with van der Waals surface area (Å²) in [6.07, 6.45) is 13.1. The summed E-state index contributed by atoms with van der Waals surface area (Å²) < 4.78 is 15.6. The van der Waals surface area contributed by atoms with Crippen molar-refractivity contribution in [1.29, 1.82) is 0 Å². The van der Waals surface area contributed by atoms with Gasteiger partial charge in [-0.25, -0.2) is 9.97 Å². The van der Waals surface area contributed by atoms with E-state index in [1.165, 1.54) is 12.8 Å². The van der Waals surface area contributed by atoms with Crippen LogP contribution in [0.25, 0.3) is 11.2 Å². The van der Waals surface area contributed by atoms with Gasteiger partial charge in [0, 0.05) is 69.8 Å². The standard InChI is InChI=1S/C17H22N4O2.C7H15NO.C6H10O2/c1-10(11-4-6-23-7-5-11)20-17(22)13-8-18-16-15(13)21-14(9-19-16)12-2-3-12;1-6(8)7-2-4-9-5-3-7;7-5-6-1-3-8-4-2-6/h8-12H,2-7H2,1H3,(H,18,19)(H,20,22);6-7H,2-5,8H2,1H3;5-6H,1-4H2. The first-order chi connectivity index (χ1) is 19.5.